The average Bonchev–Trinajstić information content (AvgIpc) is 2.76. The van der Waals surface area contributed by atoms with Gasteiger partial charge in [0.15, 0.2) is 0 Å². The lowest BCUT2D eigenvalue weighted by atomic mass is 10.1. The SMILES string of the molecule is COc1ccc(C(=O)N/C(=C/c2ccc(Oc3ccccc3I)cc2)C(=O)O)cc1. The largest absolute Gasteiger partial charge is 0.497 e. The Morgan fingerprint density at radius 2 is 1.57 bits per heavy atom. The zero-order valence-electron chi connectivity index (χ0n) is 16.0. The van der Waals surface area contributed by atoms with E-state index in [9.17, 15) is 14.7 Å². The summed E-state index contributed by atoms with van der Waals surface area (Å²) in [5.41, 5.74) is 0.698. The van der Waals surface area contributed by atoms with Crippen molar-refractivity contribution in [3.63, 3.8) is 0 Å². The van der Waals surface area contributed by atoms with Crippen LogP contribution in [0.1, 0.15) is 15.9 Å². The second-order valence-electron chi connectivity index (χ2n) is 6.15. The molecule has 1 amide bonds. The van der Waals surface area contributed by atoms with Crippen LogP contribution in [0.2, 0.25) is 0 Å². The smallest absolute Gasteiger partial charge is 0.352 e. The lowest BCUT2D eigenvalue weighted by Gasteiger charge is -2.09. The fourth-order valence-corrected chi connectivity index (χ4v) is 3.04. The number of carbonyl (C=O) groups excluding carboxylic acids is 1. The quantitative estimate of drug-likeness (QED) is 0.344. The fraction of sp³-hybridized carbons (Fsp3) is 0.0435. The molecule has 3 rings (SSSR count). The minimum atomic E-state index is -1.24. The first-order chi connectivity index (χ1) is 14.5. The first kappa shape index (κ1) is 21.4. The van der Waals surface area contributed by atoms with Crippen LogP contribution in [0, 0.1) is 3.57 Å². The van der Waals surface area contributed by atoms with E-state index in [1.165, 1.54) is 13.2 Å². The van der Waals surface area contributed by atoms with Crippen molar-refractivity contribution in [1.29, 1.82) is 0 Å². The van der Waals surface area contributed by atoms with E-state index in [1.807, 2.05) is 24.3 Å². The second kappa shape index (κ2) is 9.93. The molecule has 0 spiro atoms. The number of aliphatic carboxylic acids is 1. The average molecular weight is 515 g/mol. The molecule has 3 aromatic rings. The number of hydrogen-bond donors (Lipinski definition) is 2. The Morgan fingerprint density at radius 1 is 0.933 bits per heavy atom. The van der Waals surface area contributed by atoms with E-state index >= 15 is 0 Å². The van der Waals surface area contributed by atoms with E-state index in [2.05, 4.69) is 27.9 Å². The van der Waals surface area contributed by atoms with Crippen molar-refractivity contribution in [3.05, 3.63) is 93.2 Å². The molecule has 30 heavy (non-hydrogen) atoms. The van der Waals surface area contributed by atoms with Gasteiger partial charge in [0.25, 0.3) is 5.91 Å². The van der Waals surface area contributed by atoms with Crippen molar-refractivity contribution in [2.45, 2.75) is 0 Å². The molecule has 0 bridgehead atoms. The summed E-state index contributed by atoms with van der Waals surface area (Å²) in [7, 11) is 1.53. The monoisotopic (exact) mass is 515 g/mol. The zero-order chi connectivity index (χ0) is 21.5. The van der Waals surface area contributed by atoms with Crippen LogP contribution >= 0.6 is 22.6 Å². The lowest BCUT2D eigenvalue weighted by Crippen LogP contribution is -2.27. The summed E-state index contributed by atoms with van der Waals surface area (Å²) in [5.74, 6) is 0.198. The van der Waals surface area contributed by atoms with Crippen molar-refractivity contribution in [2.75, 3.05) is 7.11 Å². The number of nitrogens with one attached hydrogen (secondary N) is 1. The van der Waals surface area contributed by atoms with Gasteiger partial charge < -0.3 is 19.9 Å². The highest BCUT2D eigenvalue weighted by molar-refractivity contribution is 14.1. The number of amides is 1. The number of halogens is 1. The van der Waals surface area contributed by atoms with Crippen molar-refractivity contribution in [2.24, 2.45) is 0 Å². The molecule has 0 aromatic heterocycles. The van der Waals surface area contributed by atoms with Gasteiger partial charge in [-0.3, -0.25) is 4.79 Å². The van der Waals surface area contributed by atoms with Gasteiger partial charge in [-0.2, -0.15) is 0 Å². The number of ether oxygens (including phenoxy) is 2. The van der Waals surface area contributed by atoms with Crippen molar-refractivity contribution in [3.8, 4) is 17.2 Å². The predicted octanol–water partition coefficient (Wildman–Crippen LogP) is 4.95. The Morgan fingerprint density at radius 3 is 2.17 bits per heavy atom. The van der Waals surface area contributed by atoms with Gasteiger partial charge in [-0.15, -0.1) is 0 Å². The minimum Gasteiger partial charge on any atom is -0.497 e. The second-order valence-corrected chi connectivity index (χ2v) is 7.31. The summed E-state index contributed by atoms with van der Waals surface area (Å²) in [6.07, 6.45) is 1.39. The summed E-state index contributed by atoms with van der Waals surface area (Å²) in [5, 5.41) is 11.9. The standard InChI is InChI=1S/C23H18INO5/c1-29-17-12-8-16(9-13-17)22(26)25-20(23(27)28)14-15-6-10-18(11-7-15)30-21-5-3-2-4-19(21)24/h2-14H,1H3,(H,25,26)(H,27,28)/b20-14+. The Kier molecular flexibility index (Phi) is 7.08. The van der Waals surface area contributed by atoms with Gasteiger partial charge in [-0.1, -0.05) is 24.3 Å². The van der Waals surface area contributed by atoms with E-state index < -0.39 is 11.9 Å². The maximum absolute atomic E-state index is 12.4. The summed E-state index contributed by atoms with van der Waals surface area (Å²) in [6, 6.07) is 20.9. The minimum absolute atomic E-state index is 0.234. The van der Waals surface area contributed by atoms with E-state index in [4.69, 9.17) is 9.47 Å². The Labute approximate surface area is 187 Å². The number of carboxylic acids is 1. The van der Waals surface area contributed by atoms with Crippen molar-refractivity contribution >= 4 is 40.5 Å². The zero-order valence-corrected chi connectivity index (χ0v) is 18.1. The number of carbonyl (C=O) groups is 2. The van der Waals surface area contributed by atoms with E-state index in [0.29, 0.717) is 22.6 Å². The van der Waals surface area contributed by atoms with Crippen LogP contribution in [0.3, 0.4) is 0 Å². The van der Waals surface area contributed by atoms with Crippen LogP contribution in [0.25, 0.3) is 6.08 Å². The highest BCUT2D eigenvalue weighted by atomic mass is 127. The summed E-state index contributed by atoms with van der Waals surface area (Å²) < 4.78 is 11.9. The van der Waals surface area contributed by atoms with Gasteiger partial charge in [0.1, 0.15) is 22.9 Å². The molecule has 0 radical (unpaired) electrons. The van der Waals surface area contributed by atoms with E-state index in [0.717, 1.165) is 9.32 Å². The first-order valence-electron chi connectivity index (χ1n) is 8.89. The molecule has 3 aromatic carbocycles. The molecule has 0 aliphatic carbocycles. The highest BCUT2D eigenvalue weighted by Crippen LogP contribution is 2.26. The topological polar surface area (TPSA) is 84.9 Å². The van der Waals surface area contributed by atoms with Gasteiger partial charge in [-0.05, 0) is 82.8 Å². The fourth-order valence-electron chi connectivity index (χ4n) is 2.54. The molecule has 6 nitrogen and oxygen atoms in total. The summed E-state index contributed by atoms with van der Waals surface area (Å²) in [6.45, 7) is 0. The van der Waals surface area contributed by atoms with Crippen LogP contribution in [0.15, 0.2) is 78.5 Å². The molecule has 0 saturated carbocycles. The maximum Gasteiger partial charge on any atom is 0.352 e. The van der Waals surface area contributed by atoms with Crippen LogP contribution < -0.4 is 14.8 Å². The molecule has 0 heterocycles. The first-order valence-corrected chi connectivity index (χ1v) is 9.97. The summed E-state index contributed by atoms with van der Waals surface area (Å²) >= 11 is 2.19. The number of rotatable bonds is 7. The maximum atomic E-state index is 12.4. The number of hydrogen-bond acceptors (Lipinski definition) is 4. The van der Waals surface area contributed by atoms with Gasteiger partial charge in [-0.25, -0.2) is 4.79 Å². The molecule has 0 atom stereocenters. The van der Waals surface area contributed by atoms with Gasteiger partial charge >= 0.3 is 5.97 Å². The van der Waals surface area contributed by atoms with Crippen LogP contribution in [-0.4, -0.2) is 24.1 Å². The number of para-hydroxylation sites is 1. The summed E-state index contributed by atoms with van der Waals surface area (Å²) in [4.78, 5) is 23.9. The third-order valence-electron chi connectivity index (χ3n) is 4.09. The number of methoxy groups -OCH3 is 1. The van der Waals surface area contributed by atoms with Crippen molar-refractivity contribution < 1.29 is 24.2 Å². The molecule has 0 fully saturated rings. The predicted molar refractivity (Wildman–Crippen MR) is 122 cm³/mol. The van der Waals surface area contributed by atoms with Crippen LogP contribution in [0.5, 0.6) is 17.2 Å². The van der Waals surface area contributed by atoms with E-state index in [-0.39, 0.29) is 5.70 Å². The molecule has 0 aliphatic rings. The van der Waals surface area contributed by atoms with E-state index in [1.54, 1.807) is 48.5 Å². The molecule has 0 saturated heterocycles. The van der Waals surface area contributed by atoms with Gasteiger partial charge in [0.2, 0.25) is 0 Å². The molecule has 2 N–H and O–H groups in total. The van der Waals surface area contributed by atoms with Crippen LogP contribution in [0.4, 0.5) is 0 Å². The third kappa shape index (κ3) is 5.60. The van der Waals surface area contributed by atoms with Gasteiger partial charge in [0.05, 0.1) is 10.7 Å². The van der Waals surface area contributed by atoms with Crippen molar-refractivity contribution in [1.82, 2.24) is 5.32 Å². The Bertz CT molecular complexity index is 1080. The number of carboxylic acid groups (broad SMARTS) is 1. The molecule has 0 unspecified atom stereocenters. The third-order valence-corrected chi connectivity index (χ3v) is 4.98. The molecular weight excluding hydrogens is 497 g/mol. The Hall–Kier alpha value is -3.33. The molecule has 152 valence electrons. The molecule has 7 heteroatoms. The number of benzene rings is 3. The highest BCUT2D eigenvalue weighted by Gasteiger charge is 2.13. The van der Waals surface area contributed by atoms with Gasteiger partial charge in [0, 0.05) is 5.56 Å². The molecular formula is C23H18INO5. The normalized spacial score (nSPS) is 10.9. The lowest BCUT2D eigenvalue weighted by molar-refractivity contribution is -0.132. The van der Waals surface area contributed by atoms with Crippen LogP contribution in [-0.2, 0) is 4.79 Å². The molecule has 0 aliphatic heterocycles. The Balaban J connectivity index is 1.73.